The van der Waals surface area contributed by atoms with E-state index in [-0.39, 0.29) is 11.5 Å². The molecule has 0 aromatic heterocycles. The molecule has 2 amide bonds. The summed E-state index contributed by atoms with van der Waals surface area (Å²) in [6.45, 7) is 6.38. The lowest BCUT2D eigenvalue weighted by Crippen LogP contribution is -2.12. The molecule has 2 aromatic carbocycles. The molecule has 0 saturated heterocycles. The molecular weight excluding hydrogens is 356 g/mol. The van der Waals surface area contributed by atoms with E-state index in [1.165, 1.54) is 13.8 Å². The quantitative estimate of drug-likeness (QED) is 0.616. The van der Waals surface area contributed by atoms with Crippen LogP contribution in [0.25, 0.3) is 11.1 Å². The van der Waals surface area contributed by atoms with E-state index in [0.717, 1.165) is 34.4 Å². The second-order valence-electron chi connectivity index (χ2n) is 6.55. The Morgan fingerprint density at radius 3 is 1.39 bits per heavy atom. The summed E-state index contributed by atoms with van der Waals surface area (Å²) in [5.41, 5.74) is 4.87. The van der Waals surface area contributed by atoms with E-state index in [2.05, 4.69) is 10.6 Å². The monoisotopic (exact) mass is 378 g/mol. The van der Waals surface area contributed by atoms with Crippen molar-refractivity contribution in [3.63, 3.8) is 0 Å². The first-order valence-corrected chi connectivity index (χ1v) is 8.70. The Hall–Kier alpha value is -3.54. The zero-order chi connectivity index (χ0) is 20.8. The predicted molar refractivity (Wildman–Crippen MR) is 106 cm³/mol. The van der Waals surface area contributed by atoms with Crippen LogP contribution in [0.3, 0.4) is 0 Å². The average Bonchev–Trinajstić information content (AvgIpc) is 2.57. The van der Waals surface area contributed by atoms with Crippen molar-refractivity contribution in [2.45, 2.75) is 27.7 Å². The number of amides is 2. The molecule has 0 saturated carbocycles. The van der Waals surface area contributed by atoms with Gasteiger partial charge in [0.15, 0.2) is 0 Å². The number of benzene rings is 2. The molecule has 0 fully saturated rings. The maximum atomic E-state index is 11.7. The second kappa shape index (κ2) is 8.90. The molecule has 6 heteroatoms. The topological polar surface area (TPSA) is 104 Å². The Morgan fingerprint density at radius 1 is 0.750 bits per heavy atom. The van der Waals surface area contributed by atoms with Crippen LogP contribution in [-0.4, -0.2) is 11.8 Å². The van der Waals surface area contributed by atoms with Crippen LogP contribution in [0.2, 0.25) is 0 Å². The minimum absolute atomic E-state index is 0.310. The van der Waals surface area contributed by atoms with Crippen molar-refractivity contribution < 1.29 is 19.8 Å². The number of hydrogen-bond donors (Lipinski definition) is 2. The van der Waals surface area contributed by atoms with Gasteiger partial charge < -0.3 is 20.8 Å². The molecule has 0 aliphatic carbocycles. The number of nitrogens with one attached hydrogen (secondary N) is 2. The van der Waals surface area contributed by atoms with Gasteiger partial charge in [-0.1, -0.05) is 26.0 Å². The summed E-state index contributed by atoms with van der Waals surface area (Å²) in [7, 11) is 0. The van der Waals surface area contributed by atoms with E-state index < -0.39 is 11.8 Å². The van der Waals surface area contributed by atoms with Crippen LogP contribution in [0, 0.1) is 13.8 Å². The van der Waals surface area contributed by atoms with Crippen LogP contribution in [0.15, 0.2) is 60.1 Å². The molecule has 0 spiro atoms. The van der Waals surface area contributed by atoms with Crippen molar-refractivity contribution in [2.24, 2.45) is 0 Å². The van der Waals surface area contributed by atoms with Crippen molar-refractivity contribution in [2.75, 3.05) is 10.6 Å². The van der Waals surface area contributed by atoms with Gasteiger partial charge in [-0.3, -0.25) is 9.59 Å². The third-order valence-electron chi connectivity index (χ3n) is 3.97. The Kier molecular flexibility index (Phi) is 6.60. The van der Waals surface area contributed by atoms with E-state index in [1.807, 2.05) is 38.1 Å². The van der Waals surface area contributed by atoms with Gasteiger partial charge in [0.05, 0.1) is 0 Å². The van der Waals surface area contributed by atoms with Crippen LogP contribution in [0.1, 0.15) is 25.0 Å². The third-order valence-corrected chi connectivity index (χ3v) is 3.97. The summed E-state index contributed by atoms with van der Waals surface area (Å²) in [4.78, 5) is 23.4. The van der Waals surface area contributed by atoms with Gasteiger partial charge in [-0.25, -0.2) is 0 Å². The Bertz CT molecular complexity index is 887. The number of rotatable bonds is 5. The van der Waals surface area contributed by atoms with E-state index in [9.17, 15) is 19.8 Å². The standard InChI is InChI=1S/C22H24N2O4/c1-13-9-17(5-7-19(13)23-21(27)11-15(3)25)18-6-8-20(14(2)10-18)24-22(28)12-16(4)26/h5-12,25-26H,1-4H3,(H,23,27)(H,24,28)/p-2/b15-11-,16-12-. The largest absolute Gasteiger partial charge is 0.875 e. The molecule has 146 valence electrons. The van der Waals surface area contributed by atoms with Crippen LogP contribution in [0.4, 0.5) is 11.4 Å². The van der Waals surface area contributed by atoms with Crippen molar-refractivity contribution in [1.29, 1.82) is 0 Å². The van der Waals surface area contributed by atoms with Crippen molar-refractivity contribution in [3.05, 3.63) is 71.2 Å². The fraction of sp³-hybridized carbons (Fsp3) is 0.182. The van der Waals surface area contributed by atoms with Gasteiger partial charge in [0.25, 0.3) is 0 Å². The Labute approximate surface area is 164 Å². The van der Waals surface area contributed by atoms with Gasteiger partial charge in [-0.05, 0) is 72.5 Å². The molecule has 28 heavy (non-hydrogen) atoms. The molecular formula is C22H22N2O4-2. The normalized spacial score (nSPS) is 11.9. The van der Waals surface area contributed by atoms with Crippen LogP contribution < -0.4 is 20.8 Å². The third kappa shape index (κ3) is 5.74. The maximum Gasteiger partial charge on any atom is 0.247 e. The van der Waals surface area contributed by atoms with Crippen molar-refractivity contribution in [3.8, 4) is 11.1 Å². The van der Waals surface area contributed by atoms with Gasteiger partial charge in [0, 0.05) is 11.4 Å². The molecule has 0 aliphatic rings. The van der Waals surface area contributed by atoms with E-state index >= 15 is 0 Å². The lowest BCUT2D eigenvalue weighted by atomic mass is 10.00. The summed E-state index contributed by atoms with van der Waals surface area (Å²) >= 11 is 0. The van der Waals surface area contributed by atoms with Crippen molar-refractivity contribution >= 4 is 23.2 Å². The van der Waals surface area contributed by atoms with Crippen LogP contribution in [0.5, 0.6) is 0 Å². The molecule has 0 unspecified atom stereocenters. The minimum atomic E-state index is -0.457. The fourth-order valence-corrected chi connectivity index (χ4v) is 2.67. The lowest BCUT2D eigenvalue weighted by molar-refractivity contribution is -0.302. The predicted octanol–water partition coefficient (Wildman–Crippen LogP) is 2.38. The van der Waals surface area contributed by atoms with Crippen LogP contribution >= 0.6 is 0 Å². The fourth-order valence-electron chi connectivity index (χ4n) is 2.67. The number of aryl methyl sites for hydroxylation is 2. The van der Waals surface area contributed by atoms with Gasteiger partial charge in [-0.15, -0.1) is 11.5 Å². The summed E-state index contributed by atoms with van der Waals surface area (Å²) in [6, 6.07) is 11.2. The molecule has 2 rings (SSSR count). The molecule has 0 bridgehead atoms. The minimum Gasteiger partial charge on any atom is -0.875 e. The zero-order valence-corrected chi connectivity index (χ0v) is 16.3. The van der Waals surface area contributed by atoms with E-state index in [4.69, 9.17) is 0 Å². The molecule has 2 aromatic rings. The summed E-state index contributed by atoms with van der Waals surface area (Å²) < 4.78 is 0. The summed E-state index contributed by atoms with van der Waals surface area (Å²) in [5.74, 6) is -1.53. The summed E-state index contributed by atoms with van der Waals surface area (Å²) in [6.07, 6.45) is 2.01. The smallest absolute Gasteiger partial charge is 0.247 e. The number of allylic oxidation sites excluding steroid dienone is 2. The highest BCUT2D eigenvalue weighted by molar-refractivity contribution is 6.01. The second-order valence-corrected chi connectivity index (χ2v) is 6.55. The molecule has 0 radical (unpaired) electrons. The number of carbonyl (C=O) groups excluding carboxylic acids is 2. The van der Waals surface area contributed by atoms with Crippen LogP contribution in [-0.2, 0) is 9.59 Å². The molecule has 6 nitrogen and oxygen atoms in total. The lowest BCUT2D eigenvalue weighted by Gasteiger charge is -2.13. The summed E-state index contributed by atoms with van der Waals surface area (Å²) in [5, 5.41) is 27.3. The molecule has 2 N–H and O–H groups in total. The maximum absolute atomic E-state index is 11.7. The Balaban J connectivity index is 2.22. The van der Waals surface area contributed by atoms with Gasteiger partial charge in [0.1, 0.15) is 0 Å². The number of anilines is 2. The van der Waals surface area contributed by atoms with Crippen molar-refractivity contribution in [1.82, 2.24) is 0 Å². The molecule has 0 atom stereocenters. The first-order valence-electron chi connectivity index (χ1n) is 8.70. The molecule has 0 aliphatic heterocycles. The average molecular weight is 378 g/mol. The van der Waals surface area contributed by atoms with Gasteiger partial charge >= 0.3 is 0 Å². The number of carbonyl (C=O) groups is 2. The first kappa shape index (κ1) is 20.8. The highest BCUT2D eigenvalue weighted by Gasteiger charge is 2.07. The highest BCUT2D eigenvalue weighted by atomic mass is 16.3. The zero-order valence-electron chi connectivity index (χ0n) is 16.3. The SMILES string of the molecule is C/C([O-])=C/C(=O)Nc1ccc(-c2ccc(NC(=O)/C=C(/C)[O-])c(C)c2)cc1C. The highest BCUT2D eigenvalue weighted by Crippen LogP contribution is 2.28. The number of hydrogen-bond acceptors (Lipinski definition) is 4. The Morgan fingerprint density at radius 2 is 1.11 bits per heavy atom. The van der Waals surface area contributed by atoms with Gasteiger partial charge in [-0.2, -0.15) is 0 Å². The van der Waals surface area contributed by atoms with E-state index in [1.54, 1.807) is 12.1 Å². The van der Waals surface area contributed by atoms with Gasteiger partial charge in [0.2, 0.25) is 11.8 Å². The first-order chi connectivity index (χ1) is 13.2. The molecule has 0 heterocycles. The van der Waals surface area contributed by atoms with E-state index in [0.29, 0.717) is 11.4 Å².